The summed E-state index contributed by atoms with van der Waals surface area (Å²) >= 11 is 0.752. The number of nitrogens with zero attached hydrogens (tertiary/aromatic N) is 7. The van der Waals surface area contributed by atoms with E-state index >= 15 is 0 Å². The molecule has 0 spiro atoms. The van der Waals surface area contributed by atoms with Gasteiger partial charge in [-0.15, -0.1) is 4.33 Å². The van der Waals surface area contributed by atoms with Crippen LogP contribution in [-0.2, 0) is 19.5 Å². The number of rotatable bonds is 21. The van der Waals surface area contributed by atoms with Crippen molar-refractivity contribution in [3.05, 3.63) is 24.3 Å². The van der Waals surface area contributed by atoms with Crippen molar-refractivity contribution in [3.63, 3.8) is 0 Å². The third-order valence-electron chi connectivity index (χ3n) is 5.14. The van der Waals surface area contributed by atoms with Crippen molar-refractivity contribution in [3.8, 4) is 0 Å². The van der Waals surface area contributed by atoms with E-state index in [9.17, 15) is 18.6 Å². The Labute approximate surface area is 265 Å². The summed E-state index contributed by atoms with van der Waals surface area (Å²) in [5, 5.41) is 63.3. The Kier molecular flexibility index (Phi) is 14.8. The van der Waals surface area contributed by atoms with Gasteiger partial charge in [0, 0.05) is 49.3 Å². The molecule has 3 rings (SSSR count). The van der Waals surface area contributed by atoms with Crippen molar-refractivity contribution in [2.24, 2.45) is 4.99 Å². The Morgan fingerprint density at radius 1 is 0.804 bits per heavy atom. The molecule has 1 aromatic carbocycles. The number of hydrogen-bond donors (Lipinski definition) is 11. The zero-order valence-corrected chi connectivity index (χ0v) is 25.4. The average molecular weight is 689 g/mol. The standard InChI is InChI=1S/C22H32N12O10S2/c35-11-15(37)9-25-19-29-17(23-5-7-45-44-43-39)31-21(33-19)27-13-1-3-14(4-2-13)28-22-32-18(24-6-8-46(40,41)42)30-20(34-22)26-10-16(38)12-36/h1-5,15-16,35-39H,6-12H2,(H,40,41,42)(H2,25,27,29,31,33)(H3,24,26,28,30,32,34). The third kappa shape index (κ3) is 13.9. The molecule has 0 saturated heterocycles. The van der Waals surface area contributed by atoms with Gasteiger partial charge in [0.15, 0.2) is 0 Å². The summed E-state index contributed by atoms with van der Waals surface area (Å²) in [6.07, 6.45) is -0.753. The van der Waals surface area contributed by atoms with Crippen LogP contribution in [0.3, 0.4) is 0 Å². The number of aromatic nitrogens is 6. The van der Waals surface area contributed by atoms with E-state index in [4.69, 9.17) is 20.0 Å². The van der Waals surface area contributed by atoms with Crippen LogP contribution in [0.1, 0.15) is 0 Å². The maximum Gasteiger partial charge on any atom is 0.266 e. The van der Waals surface area contributed by atoms with Crippen molar-refractivity contribution < 1.29 is 48.0 Å². The van der Waals surface area contributed by atoms with Crippen LogP contribution in [0, 0.1) is 0 Å². The molecule has 2 aromatic heterocycles. The third-order valence-corrected chi connectivity index (χ3v) is 6.30. The van der Waals surface area contributed by atoms with E-state index in [1.807, 2.05) is 0 Å². The van der Waals surface area contributed by atoms with Crippen molar-refractivity contribution in [2.75, 3.05) is 70.9 Å². The molecule has 0 aliphatic heterocycles. The molecule has 0 aliphatic carbocycles. The van der Waals surface area contributed by atoms with Crippen LogP contribution in [0.2, 0.25) is 0 Å². The highest BCUT2D eigenvalue weighted by Gasteiger charge is 2.12. The maximum atomic E-state index is 11.0. The second kappa shape index (κ2) is 18.8. The lowest BCUT2D eigenvalue weighted by molar-refractivity contribution is -0.432. The zero-order chi connectivity index (χ0) is 33.4. The van der Waals surface area contributed by atoms with Crippen molar-refractivity contribution in [1.29, 1.82) is 0 Å². The van der Waals surface area contributed by atoms with Crippen molar-refractivity contribution in [1.82, 2.24) is 29.9 Å². The van der Waals surface area contributed by atoms with Gasteiger partial charge in [-0.25, -0.2) is 10.2 Å². The minimum atomic E-state index is -4.23. The van der Waals surface area contributed by atoms with E-state index in [0.29, 0.717) is 11.4 Å². The van der Waals surface area contributed by atoms with Crippen LogP contribution in [0.15, 0.2) is 29.3 Å². The topological polar surface area (TPSA) is 324 Å². The van der Waals surface area contributed by atoms with Crippen LogP contribution >= 0.6 is 12.0 Å². The molecule has 0 bridgehead atoms. The van der Waals surface area contributed by atoms with E-state index in [2.05, 4.69) is 70.9 Å². The first-order chi connectivity index (χ1) is 22.1. The average Bonchev–Trinajstić information content (AvgIpc) is 3.02. The number of anilines is 7. The fourth-order valence-corrected chi connectivity index (χ4v) is 3.67. The molecular formula is C22H32N12O10S2. The highest BCUT2D eigenvalue weighted by atomic mass is 32.2. The Morgan fingerprint density at radius 3 is 1.80 bits per heavy atom. The summed E-state index contributed by atoms with van der Waals surface area (Å²) in [6.45, 7) is -1.30. The lowest BCUT2D eigenvalue weighted by atomic mass is 10.3. The first-order valence-electron chi connectivity index (χ1n) is 13.1. The summed E-state index contributed by atoms with van der Waals surface area (Å²) in [7, 11) is -4.23. The SMILES string of the molecule is O=S(=O)(O)CCNc1nc(NCC(O)CO)nc(Nc2ccc(Nc3nc(N=CCSOOO)nc(NCC(O)CO)n3)cc2)n1. The van der Waals surface area contributed by atoms with Crippen LogP contribution in [0.4, 0.5) is 47.1 Å². The molecule has 2 unspecified atom stereocenters. The molecule has 2 heterocycles. The van der Waals surface area contributed by atoms with Crippen molar-refractivity contribution in [2.45, 2.75) is 12.2 Å². The van der Waals surface area contributed by atoms with Gasteiger partial charge in [0.2, 0.25) is 29.7 Å². The van der Waals surface area contributed by atoms with Gasteiger partial charge in [-0.1, -0.05) is 5.04 Å². The Hall–Kier alpha value is -4.11. The number of aliphatic hydroxyl groups is 4. The lowest BCUT2D eigenvalue weighted by Gasteiger charge is -2.13. The van der Waals surface area contributed by atoms with E-state index in [1.54, 1.807) is 24.3 Å². The van der Waals surface area contributed by atoms with Gasteiger partial charge in [-0.05, 0) is 24.3 Å². The summed E-state index contributed by atoms with van der Waals surface area (Å²) < 4.78 is 35.3. The molecule has 11 N–H and O–H groups in total. The molecule has 0 radical (unpaired) electrons. The van der Waals surface area contributed by atoms with Gasteiger partial charge in [-0.2, -0.15) is 38.3 Å². The van der Waals surface area contributed by atoms with Gasteiger partial charge < -0.3 is 47.0 Å². The number of aliphatic hydroxyl groups excluding tert-OH is 4. The quantitative estimate of drug-likeness (QED) is 0.0162. The largest absolute Gasteiger partial charge is 0.394 e. The summed E-state index contributed by atoms with van der Waals surface area (Å²) in [6, 6.07) is 6.67. The predicted molar refractivity (Wildman–Crippen MR) is 166 cm³/mol. The van der Waals surface area contributed by atoms with Crippen LogP contribution in [0.25, 0.3) is 0 Å². The number of hydrogen-bond acceptors (Lipinski definition) is 22. The minimum absolute atomic E-state index is 0.00551. The Bertz CT molecular complexity index is 1510. The zero-order valence-electron chi connectivity index (χ0n) is 23.8. The van der Waals surface area contributed by atoms with Gasteiger partial charge in [0.1, 0.15) is 0 Å². The molecule has 3 aromatic rings. The molecule has 0 saturated carbocycles. The summed E-state index contributed by atoms with van der Waals surface area (Å²) in [5.41, 5.74) is 1.07. The molecule has 24 heteroatoms. The van der Waals surface area contributed by atoms with Gasteiger partial charge in [0.05, 0.1) is 36.9 Å². The lowest BCUT2D eigenvalue weighted by Crippen LogP contribution is -2.24. The fraction of sp³-hybridized carbons (Fsp3) is 0.409. The summed E-state index contributed by atoms with van der Waals surface area (Å²) in [4.78, 5) is 29.2. The second-order valence-corrected chi connectivity index (χ2v) is 11.1. The van der Waals surface area contributed by atoms with Gasteiger partial charge >= 0.3 is 0 Å². The molecule has 22 nitrogen and oxygen atoms in total. The van der Waals surface area contributed by atoms with Crippen LogP contribution < -0.4 is 26.6 Å². The monoisotopic (exact) mass is 688 g/mol. The van der Waals surface area contributed by atoms with E-state index in [1.165, 1.54) is 6.21 Å². The van der Waals surface area contributed by atoms with Gasteiger partial charge in [-0.3, -0.25) is 4.55 Å². The highest BCUT2D eigenvalue weighted by Crippen LogP contribution is 2.21. The smallest absolute Gasteiger partial charge is 0.266 e. The first-order valence-corrected chi connectivity index (χ1v) is 15.6. The Morgan fingerprint density at radius 2 is 1.28 bits per heavy atom. The molecule has 0 aliphatic rings. The van der Waals surface area contributed by atoms with E-state index in [0.717, 1.165) is 12.0 Å². The molecule has 2 atom stereocenters. The van der Waals surface area contributed by atoms with E-state index < -0.39 is 41.3 Å². The predicted octanol–water partition coefficient (Wildman–Crippen LogP) is -0.855. The number of aliphatic imine (C=N–C) groups is 1. The molecule has 252 valence electrons. The van der Waals surface area contributed by atoms with Crippen molar-refractivity contribution >= 4 is 75.4 Å². The molecular weight excluding hydrogens is 656 g/mol. The number of benzene rings is 1. The number of nitrogens with one attached hydrogen (secondary N) is 5. The first kappa shape index (κ1) is 36.4. The highest BCUT2D eigenvalue weighted by molar-refractivity contribution is 7.95. The molecule has 46 heavy (non-hydrogen) atoms. The van der Waals surface area contributed by atoms with Gasteiger partial charge in [0.25, 0.3) is 16.1 Å². The maximum absolute atomic E-state index is 11.0. The fourth-order valence-electron chi connectivity index (χ4n) is 3.08. The Balaban J connectivity index is 1.74. The van der Waals surface area contributed by atoms with Crippen LogP contribution in [-0.4, -0.2) is 131 Å². The molecule has 0 fully saturated rings. The second-order valence-electron chi connectivity index (χ2n) is 8.80. The van der Waals surface area contributed by atoms with Crippen LogP contribution in [0.5, 0.6) is 0 Å². The minimum Gasteiger partial charge on any atom is -0.394 e. The molecule has 0 amide bonds. The normalized spacial score (nSPS) is 12.9. The summed E-state index contributed by atoms with van der Waals surface area (Å²) in [5.74, 6) is -0.244. The van der Waals surface area contributed by atoms with E-state index in [-0.39, 0.29) is 61.1 Å².